The maximum atomic E-state index is 13.2. The summed E-state index contributed by atoms with van der Waals surface area (Å²) in [5, 5.41) is 5.09. The van der Waals surface area contributed by atoms with Crippen LogP contribution in [0.5, 0.6) is 0 Å². The van der Waals surface area contributed by atoms with Gasteiger partial charge in [-0.2, -0.15) is 5.10 Å². The van der Waals surface area contributed by atoms with Gasteiger partial charge >= 0.3 is 0 Å². The van der Waals surface area contributed by atoms with Crippen molar-refractivity contribution in [2.75, 3.05) is 32.9 Å². The van der Waals surface area contributed by atoms with Crippen molar-refractivity contribution >= 4 is 24.9 Å². The topological polar surface area (TPSA) is 85.3 Å². The van der Waals surface area contributed by atoms with E-state index in [4.69, 9.17) is 19.6 Å². The van der Waals surface area contributed by atoms with Crippen molar-refractivity contribution in [1.29, 1.82) is 0 Å². The molecule has 3 atom stereocenters. The predicted molar refractivity (Wildman–Crippen MR) is 160 cm³/mol. The van der Waals surface area contributed by atoms with Crippen LogP contribution in [-0.4, -0.2) is 77.5 Å². The van der Waals surface area contributed by atoms with Crippen LogP contribution >= 0.6 is 0 Å². The summed E-state index contributed by atoms with van der Waals surface area (Å²) in [6.07, 6.45) is 3.83. The van der Waals surface area contributed by atoms with Crippen LogP contribution in [-0.2, 0) is 40.3 Å². The highest BCUT2D eigenvalue weighted by molar-refractivity contribution is 6.76. The summed E-state index contributed by atoms with van der Waals surface area (Å²) in [6.45, 7) is 18.0. The first-order valence-electron chi connectivity index (χ1n) is 15.0. The predicted octanol–water partition coefficient (Wildman–Crippen LogP) is 5.00. The molecule has 0 bridgehead atoms. The Bertz CT molecular complexity index is 1420. The molecule has 6 rings (SSSR count). The Labute approximate surface area is 238 Å². The number of nitrogens with one attached hydrogen (secondary N) is 1. The molecule has 2 fully saturated rings. The quantitative estimate of drug-likeness (QED) is 0.276. The second-order valence-electron chi connectivity index (χ2n) is 13.9. The molecule has 1 aromatic carbocycles. The van der Waals surface area contributed by atoms with Gasteiger partial charge in [0.1, 0.15) is 12.4 Å². The molecule has 9 heteroatoms. The van der Waals surface area contributed by atoms with Crippen molar-refractivity contribution in [3.05, 3.63) is 34.5 Å². The first kappa shape index (κ1) is 27.8. The van der Waals surface area contributed by atoms with E-state index >= 15 is 0 Å². The Balaban J connectivity index is 1.25. The molecule has 3 aliphatic rings. The van der Waals surface area contributed by atoms with Crippen molar-refractivity contribution in [3.8, 4) is 11.5 Å². The van der Waals surface area contributed by atoms with E-state index < -0.39 is 8.07 Å². The minimum absolute atomic E-state index is 0.106. The third kappa shape index (κ3) is 5.58. The van der Waals surface area contributed by atoms with Crippen molar-refractivity contribution < 1.29 is 14.3 Å². The van der Waals surface area contributed by atoms with Gasteiger partial charge < -0.3 is 14.5 Å². The summed E-state index contributed by atoms with van der Waals surface area (Å²) in [6, 6.07) is 5.28. The molecule has 2 aliphatic carbocycles. The first-order valence-corrected chi connectivity index (χ1v) is 18.7. The standard InChI is InChI=1S/C31H45N5O3Si/c1-20-13-25-26(14-22(20)15-28(37)21(2)35-7-9-38-10-8-35)33-30(32-25)29-24-16-23-17-31(23,3)18-27(24)36(34-29)19-39-11-12-40(4,5)6/h13-14,21,23H,7-12,15-19H2,1-6H3,(H,32,33)/t21-,23+,31+/m0/s1. The number of fused-ring (bicyclic) bond motifs is 3. The maximum absolute atomic E-state index is 13.2. The van der Waals surface area contributed by atoms with E-state index in [0.29, 0.717) is 31.8 Å². The molecule has 0 unspecified atom stereocenters. The van der Waals surface area contributed by atoms with Crippen LogP contribution in [0.15, 0.2) is 12.1 Å². The Morgan fingerprint density at radius 1 is 1.27 bits per heavy atom. The van der Waals surface area contributed by atoms with Crippen LogP contribution in [0.1, 0.15) is 42.7 Å². The lowest BCUT2D eigenvalue weighted by atomic mass is 9.87. The summed E-state index contributed by atoms with van der Waals surface area (Å²) < 4.78 is 13.7. The smallest absolute Gasteiger partial charge is 0.159 e. The molecule has 0 spiro atoms. The monoisotopic (exact) mass is 563 g/mol. The number of imidazole rings is 1. The summed E-state index contributed by atoms with van der Waals surface area (Å²) in [5.41, 5.74) is 8.07. The molecule has 3 aromatic rings. The minimum Gasteiger partial charge on any atom is -0.379 e. The molecule has 0 radical (unpaired) electrons. The average Bonchev–Trinajstić information content (AvgIpc) is 3.22. The fraction of sp³-hybridized carbons (Fsp3) is 0.645. The van der Waals surface area contributed by atoms with Crippen LogP contribution in [0.3, 0.4) is 0 Å². The SMILES string of the molecule is Cc1cc2[nH]c(-c3nn(COCC[Si](C)(C)C)c4c3C[C@@H]3C[C@]3(C)C4)nc2cc1CC(=O)[C@H](C)N1CCOCC1. The third-order valence-corrected chi connectivity index (χ3v) is 11.2. The van der Waals surface area contributed by atoms with Crippen LogP contribution in [0.25, 0.3) is 22.6 Å². The summed E-state index contributed by atoms with van der Waals surface area (Å²) in [5.74, 6) is 1.80. The Morgan fingerprint density at radius 2 is 2.05 bits per heavy atom. The normalized spacial score (nSPS) is 23.7. The lowest BCUT2D eigenvalue weighted by molar-refractivity contribution is -0.124. The molecule has 3 heterocycles. The Morgan fingerprint density at radius 3 is 2.80 bits per heavy atom. The van der Waals surface area contributed by atoms with Gasteiger partial charge in [-0.1, -0.05) is 26.6 Å². The number of aryl methyl sites for hydroxylation is 1. The number of ketones is 1. The average molecular weight is 564 g/mol. The Hall–Kier alpha value is -2.33. The maximum Gasteiger partial charge on any atom is 0.159 e. The lowest BCUT2D eigenvalue weighted by Crippen LogP contribution is -2.46. The Kier molecular flexibility index (Phi) is 7.30. The molecule has 2 aromatic heterocycles. The second-order valence-corrected chi connectivity index (χ2v) is 19.5. The van der Waals surface area contributed by atoms with Crippen LogP contribution < -0.4 is 0 Å². The summed E-state index contributed by atoms with van der Waals surface area (Å²) in [4.78, 5) is 24.0. The number of hydrogen-bond acceptors (Lipinski definition) is 6. The zero-order valence-electron chi connectivity index (χ0n) is 25.1. The lowest BCUT2D eigenvalue weighted by Gasteiger charge is -2.31. The number of benzene rings is 1. The molecule has 216 valence electrons. The van der Waals surface area contributed by atoms with Crippen molar-refractivity contribution in [2.45, 2.75) is 84.9 Å². The van der Waals surface area contributed by atoms with E-state index in [1.807, 2.05) is 6.92 Å². The van der Waals surface area contributed by atoms with E-state index in [0.717, 1.165) is 78.2 Å². The summed E-state index contributed by atoms with van der Waals surface area (Å²) in [7, 11) is -1.14. The van der Waals surface area contributed by atoms with Crippen LogP contribution in [0.2, 0.25) is 25.7 Å². The van der Waals surface area contributed by atoms with E-state index in [2.05, 4.69) is 60.2 Å². The number of aromatic nitrogens is 4. The number of rotatable bonds is 10. The number of carbonyl (C=O) groups excluding carboxylic acids is 1. The van der Waals surface area contributed by atoms with E-state index in [1.54, 1.807) is 0 Å². The number of hydrogen-bond donors (Lipinski definition) is 1. The number of Topliss-reactive ketones (excluding diaryl/α,β-unsaturated/α-hetero) is 1. The molecule has 1 saturated heterocycles. The molecule has 1 N–H and O–H groups in total. The number of nitrogens with zero attached hydrogens (tertiary/aromatic N) is 4. The van der Waals surface area contributed by atoms with E-state index in [-0.39, 0.29) is 11.8 Å². The van der Waals surface area contributed by atoms with Gasteiger partial charge in [0.2, 0.25) is 0 Å². The number of carbonyl (C=O) groups is 1. The van der Waals surface area contributed by atoms with Gasteiger partial charge in [0, 0.05) is 45.4 Å². The fourth-order valence-electron chi connectivity index (χ4n) is 6.46. The molecular formula is C31H45N5O3Si. The second kappa shape index (κ2) is 10.5. The highest BCUT2D eigenvalue weighted by Gasteiger charge is 2.54. The molecule has 40 heavy (non-hydrogen) atoms. The van der Waals surface area contributed by atoms with Gasteiger partial charge in [-0.15, -0.1) is 0 Å². The van der Waals surface area contributed by atoms with Crippen LogP contribution in [0.4, 0.5) is 0 Å². The summed E-state index contributed by atoms with van der Waals surface area (Å²) >= 11 is 0. The molecule has 1 saturated carbocycles. The molecule has 8 nitrogen and oxygen atoms in total. The van der Waals surface area contributed by atoms with E-state index in [9.17, 15) is 4.79 Å². The largest absolute Gasteiger partial charge is 0.379 e. The highest BCUT2D eigenvalue weighted by atomic mass is 28.3. The van der Waals surface area contributed by atoms with Crippen molar-refractivity contribution in [2.24, 2.45) is 11.3 Å². The third-order valence-electron chi connectivity index (χ3n) is 9.52. The number of ether oxygens (including phenoxy) is 2. The minimum atomic E-state index is -1.14. The van der Waals surface area contributed by atoms with Crippen molar-refractivity contribution in [1.82, 2.24) is 24.6 Å². The van der Waals surface area contributed by atoms with Gasteiger partial charge in [0.15, 0.2) is 11.6 Å². The fourth-order valence-corrected chi connectivity index (χ4v) is 7.21. The number of H-pyrrole nitrogens is 1. The number of morpholine rings is 1. The first-order chi connectivity index (χ1) is 19.0. The van der Waals surface area contributed by atoms with Gasteiger partial charge in [-0.05, 0) is 73.7 Å². The highest BCUT2D eigenvalue weighted by Crippen LogP contribution is 2.60. The van der Waals surface area contributed by atoms with Gasteiger partial charge in [0.05, 0.1) is 30.3 Å². The molecule has 0 amide bonds. The van der Waals surface area contributed by atoms with Crippen molar-refractivity contribution in [3.63, 3.8) is 0 Å². The van der Waals surface area contributed by atoms with Gasteiger partial charge in [-0.25, -0.2) is 9.67 Å². The van der Waals surface area contributed by atoms with Gasteiger partial charge in [-0.3, -0.25) is 9.69 Å². The van der Waals surface area contributed by atoms with Gasteiger partial charge in [0.25, 0.3) is 0 Å². The van der Waals surface area contributed by atoms with E-state index in [1.165, 1.54) is 17.7 Å². The number of aromatic amines is 1. The zero-order valence-corrected chi connectivity index (χ0v) is 26.1. The van der Waals surface area contributed by atoms with Crippen LogP contribution in [0, 0.1) is 18.3 Å². The molecule has 1 aliphatic heterocycles. The molecular weight excluding hydrogens is 518 g/mol. The zero-order chi connectivity index (χ0) is 28.2.